The molecule has 0 aromatic rings. The standard InChI is InChI=1S/C8H16O2.H2O.Sn/c1-3-5-6-7(4-2)8(9)10;;/h7H,3-6H2,1-2H3,(H,9,10);1H2;/q;;+1/p-1. The quantitative estimate of drug-likeness (QED) is 0.705. The van der Waals surface area contributed by atoms with Gasteiger partial charge in [-0.2, -0.15) is 0 Å². The van der Waals surface area contributed by atoms with Gasteiger partial charge in [0.05, 0.1) is 0 Å². The van der Waals surface area contributed by atoms with Crippen LogP contribution in [0.5, 0.6) is 0 Å². The largest absolute Gasteiger partial charge is 0.412 e. The molecule has 71 valence electrons. The van der Waals surface area contributed by atoms with Crippen molar-refractivity contribution in [3.63, 3.8) is 0 Å². The molecule has 0 bridgehead atoms. The van der Waals surface area contributed by atoms with E-state index in [0.717, 1.165) is 48.6 Å². The van der Waals surface area contributed by atoms with Gasteiger partial charge in [-0.1, -0.05) is 0 Å². The Hall–Kier alpha value is 0.229. The predicted octanol–water partition coefficient (Wildman–Crippen LogP) is 1.00. The van der Waals surface area contributed by atoms with E-state index in [1.54, 1.807) is 0 Å². The minimum atomic E-state index is -0.0147. The first-order valence-corrected chi connectivity index (χ1v) is 5.30. The minimum absolute atomic E-state index is 0. The Morgan fingerprint density at radius 1 is 1.50 bits per heavy atom. The van der Waals surface area contributed by atoms with Crippen LogP contribution in [0.15, 0.2) is 0 Å². The van der Waals surface area contributed by atoms with Crippen LogP contribution < -0.4 is 0 Å². The molecular weight excluding hydrogens is 263 g/mol. The first kappa shape index (κ1) is 14.7. The Morgan fingerprint density at radius 3 is 2.42 bits per heavy atom. The minimum Gasteiger partial charge on any atom is -0.412 e. The molecule has 0 rings (SSSR count). The molecule has 0 saturated carbocycles. The van der Waals surface area contributed by atoms with Crippen LogP contribution in [0.3, 0.4) is 0 Å². The molecule has 1 unspecified atom stereocenters. The summed E-state index contributed by atoms with van der Waals surface area (Å²) in [5.74, 6) is 0.133. The first-order valence-electron chi connectivity index (χ1n) is 4.13. The van der Waals surface area contributed by atoms with E-state index < -0.39 is 0 Å². The van der Waals surface area contributed by atoms with Crippen molar-refractivity contribution in [2.45, 2.75) is 39.5 Å². The summed E-state index contributed by atoms with van der Waals surface area (Å²) in [6, 6.07) is 0. The van der Waals surface area contributed by atoms with E-state index in [-0.39, 0.29) is 17.4 Å². The molecule has 0 aromatic carbocycles. The second-order valence-corrected chi connectivity index (χ2v) is 3.25. The Labute approximate surface area is 87.8 Å². The fraction of sp³-hybridized carbons (Fsp3) is 0.875. The summed E-state index contributed by atoms with van der Waals surface area (Å²) >= 11 is 0.859. The molecule has 12 heavy (non-hydrogen) atoms. The molecule has 0 saturated heterocycles. The smallest absolute Gasteiger partial charge is 0.412 e. The van der Waals surface area contributed by atoms with Crippen molar-refractivity contribution < 1.29 is 13.3 Å². The first-order chi connectivity index (χ1) is 5.26. The van der Waals surface area contributed by atoms with Crippen molar-refractivity contribution in [3.8, 4) is 0 Å². The summed E-state index contributed by atoms with van der Waals surface area (Å²) in [6.45, 7) is 4.17. The number of rotatable bonds is 5. The third kappa shape index (κ3) is 5.83. The van der Waals surface area contributed by atoms with E-state index in [0.29, 0.717) is 0 Å². The molecule has 0 aliphatic carbocycles. The topological polar surface area (TPSA) is 57.8 Å². The van der Waals surface area contributed by atoms with E-state index in [4.69, 9.17) is 3.07 Å². The number of carbonyl (C=O) groups is 1. The maximum absolute atomic E-state index is 11.0. The van der Waals surface area contributed by atoms with Gasteiger partial charge in [0, 0.05) is 0 Å². The maximum Gasteiger partial charge on any atom is -0.412 e. The van der Waals surface area contributed by atoms with Crippen LogP contribution in [0.25, 0.3) is 0 Å². The van der Waals surface area contributed by atoms with Gasteiger partial charge in [0.25, 0.3) is 0 Å². The molecule has 1 atom stereocenters. The van der Waals surface area contributed by atoms with E-state index in [1.165, 1.54) is 0 Å². The number of unbranched alkanes of at least 4 members (excludes halogenated alkanes) is 1. The van der Waals surface area contributed by atoms with Crippen LogP contribution in [0, 0.1) is 5.92 Å². The van der Waals surface area contributed by atoms with Gasteiger partial charge in [0.2, 0.25) is 0 Å². The molecule has 3 nitrogen and oxygen atoms in total. The monoisotopic (exact) mass is 281 g/mol. The molecule has 2 N–H and O–H groups in total. The van der Waals surface area contributed by atoms with Crippen molar-refractivity contribution in [3.05, 3.63) is 0 Å². The second-order valence-electron chi connectivity index (χ2n) is 2.67. The van der Waals surface area contributed by atoms with Crippen molar-refractivity contribution in [1.29, 1.82) is 0 Å². The van der Waals surface area contributed by atoms with Crippen LogP contribution in [0.1, 0.15) is 39.5 Å². The molecule has 0 spiro atoms. The molecule has 4 heteroatoms. The van der Waals surface area contributed by atoms with Crippen LogP contribution >= 0.6 is 0 Å². The zero-order chi connectivity index (χ0) is 8.69. The van der Waals surface area contributed by atoms with Gasteiger partial charge < -0.3 is 5.48 Å². The summed E-state index contributed by atoms with van der Waals surface area (Å²) in [7, 11) is 0. The van der Waals surface area contributed by atoms with Crippen molar-refractivity contribution in [2.75, 3.05) is 0 Å². The summed E-state index contributed by atoms with van der Waals surface area (Å²) in [4.78, 5) is 11.0. The van der Waals surface area contributed by atoms with Gasteiger partial charge in [0.1, 0.15) is 0 Å². The zero-order valence-corrected chi connectivity index (χ0v) is 10.6. The van der Waals surface area contributed by atoms with E-state index in [9.17, 15) is 4.79 Å². The Balaban J connectivity index is 0. The van der Waals surface area contributed by atoms with Gasteiger partial charge in [-0.3, -0.25) is 0 Å². The molecule has 0 aliphatic heterocycles. The maximum atomic E-state index is 11.0. The molecule has 0 amide bonds. The van der Waals surface area contributed by atoms with Gasteiger partial charge >= 0.3 is 82.2 Å². The van der Waals surface area contributed by atoms with Gasteiger partial charge in [-0.05, 0) is 0 Å². The van der Waals surface area contributed by atoms with Gasteiger partial charge in [-0.15, -0.1) is 0 Å². The van der Waals surface area contributed by atoms with Crippen LogP contribution in [-0.2, 0) is 7.87 Å². The molecule has 0 fully saturated rings. The second kappa shape index (κ2) is 9.32. The third-order valence-corrected chi connectivity index (χ3v) is 2.41. The fourth-order valence-electron chi connectivity index (χ4n) is 1.02. The Kier molecular flexibility index (Phi) is 11.4. The van der Waals surface area contributed by atoms with Gasteiger partial charge in [-0.25, -0.2) is 0 Å². The fourth-order valence-corrected chi connectivity index (χ4v) is 1.50. The normalized spacial score (nSPS) is 11.6. The Morgan fingerprint density at radius 2 is 2.08 bits per heavy atom. The molecular formula is C8H17O3Sn. The summed E-state index contributed by atoms with van der Waals surface area (Å²) < 4.78 is 4.75. The van der Waals surface area contributed by atoms with Crippen molar-refractivity contribution in [2.24, 2.45) is 5.92 Å². The average molecular weight is 280 g/mol. The summed E-state index contributed by atoms with van der Waals surface area (Å²) in [6.07, 6.45) is 4.18. The SMILES string of the molecule is CCCCC(CC)C(=O)[O][Sn].O. The number of hydrogen-bond acceptors (Lipinski definition) is 2. The predicted molar refractivity (Wildman–Crippen MR) is 48.8 cm³/mol. The molecule has 0 heterocycles. The van der Waals surface area contributed by atoms with Crippen LogP contribution in [-0.4, -0.2) is 34.4 Å². The number of hydrogen-bond donors (Lipinski definition) is 0. The summed E-state index contributed by atoms with van der Waals surface area (Å²) in [5, 5.41) is 0. The zero-order valence-electron chi connectivity index (χ0n) is 7.72. The summed E-state index contributed by atoms with van der Waals surface area (Å²) in [5.41, 5.74) is 0. The van der Waals surface area contributed by atoms with E-state index in [2.05, 4.69) is 6.92 Å². The van der Waals surface area contributed by atoms with Crippen molar-refractivity contribution in [1.82, 2.24) is 0 Å². The number of carbonyl (C=O) groups excluding carboxylic acids is 1. The average Bonchev–Trinajstić information content (AvgIpc) is 2.05. The van der Waals surface area contributed by atoms with E-state index >= 15 is 0 Å². The van der Waals surface area contributed by atoms with Gasteiger partial charge in [0.15, 0.2) is 0 Å². The van der Waals surface area contributed by atoms with E-state index in [1.807, 2.05) is 6.92 Å². The third-order valence-electron chi connectivity index (χ3n) is 1.83. The Bertz CT molecular complexity index is 117. The van der Waals surface area contributed by atoms with Crippen LogP contribution in [0.2, 0.25) is 0 Å². The van der Waals surface area contributed by atoms with Crippen LogP contribution in [0.4, 0.5) is 0 Å². The molecule has 3 radical (unpaired) electrons. The molecule has 0 aromatic heterocycles. The molecule has 0 aliphatic rings. The van der Waals surface area contributed by atoms with Crippen molar-refractivity contribution >= 4 is 28.9 Å².